The summed E-state index contributed by atoms with van der Waals surface area (Å²) in [5.41, 5.74) is -0.365. The fraction of sp³-hybridized carbons (Fsp3) is 0.567. The molecular weight excluding hydrogens is 533 g/mol. The minimum atomic E-state index is -4.64. The van der Waals surface area contributed by atoms with Crippen molar-refractivity contribution < 1.29 is 22.7 Å². The number of hydrogen-bond acceptors (Lipinski definition) is 6. The second kappa shape index (κ2) is 12.8. The summed E-state index contributed by atoms with van der Waals surface area (Å²) in [5, 5.41) is 11.7. The second-order valence-corrected chi connectivity index (χ2v) is 11.5. The van der Waals surface area contributed by atoms with Gasteiger partial charge in [-0.1, -0.05) is 6.07 Å². The molecule has 0 spiro atoms. The number of carbonyl (C=O) groups excluding carboxylic acids is 1. The molecule has 0 bridgehead atoms. The van der Waals surface area contributed by atoms with Crippen LogP contribution in [0.5, 0.6) is 5.75 Å². The van der Waals surface area contributed by atoms with Crippen LogP contribution in [0, 0.1) is 11.8 Å². The van der Waals surface area contributed by atoms with E-state index in [0.717, 1.165) is 74.3 Å². The summed E-state index contributed by atoms with van der Waals surface area (Å²) in [6.45, 7) is 4.61. The molecule has 0 radical (unpaired) electrons. The van der Waals surface area contributed by atoms with Gasteiger partial charge in [-0.05, 0) is 102 Å². The van der Waals surface area contributed by atoms with Gasteiger partial charge in [0.05, 0.1) is 24.4 Å². The monoisotopic (exact) mass is 572 g/mol. The minimum Gasteiger partial charge on any atom is -0.494 e. The van der Waals surface area contributed by atoms with E-state index in [4.69, 9.17) is 9.84 Å². The number of pyridine rings is 1. The van der Waals surface area contributed by atoms with Crippen molar-refractivity contribution in [3.8, 4) is 5.75 Å². The second-order valence-electron chi connectivity index (χ2n) is 11.5. The zero-order chi connectivity index (χ0) is 29.0. The lowest BCUT2D eigenvalue weighted by atomic mass is 9.85. The predicted octanol–water partition coefficient (Wildman–Crippen LogP) is 5.76. The first kappa shape index (κ1) is 29.3. The Morgan fingerprint density at radius 3 is 2.59 bits per heavy atom. The number of ether oxygens (including phenoxy) is 1. The Labute approximate surface area is 238 Å². The standard InChI is InChI=1S/C30H39F3N6O2/c1-38(15-12-20-10-13-34-14-11-20)18-21-6-8-23(9-7-21)39-19-22-16-26(27(41-2)17-25(22)37-39)36-29(40)24-4-3-5-28(35-24)30(31,32)33/h3-5,16-17,19-21,23,34H,6-15,18H2,1-2H3,(H,36,40). The SMILES string of the molecule is COc1cc2nn(C3CCC(CN(C)CCC4CCNCC4)CC3)cc2cc1NC(=O)c1cccc(C(F)(F)F)n1. The third kappa shape index (κ3) is 7.37. The van der Waals surface area contributed by atoms with E-state index in [9.17, 15) is 18.0 Å². The largest absolute Gasteiger partial charge is 0.494 e. The summed E-state index contributed by atoms with van der Waals surface area (Å²) in [5.74, 6) is 1.17. The number of nitrogens with one attached hydrogen (secondary N) is 2. The first-order chi connectivity index (χ1) is 19.7. The molecule has 2 N–H and O–H groups in total. The average molecular weight is 573 g/mol. The van der Waals surface area contributed by atoms with Crippen molar-refractivity contribution in [2.24, 2.45) is 11.8 Å². The molecule has 2 fully saturated rings. The Balaban J connectivity index is 1.19. The Kier molecular flexibility index (Phi) is 9.13. The first-order valence-corrected chi connectivity index (χ1v) is 14.5. The molecule has 222 valence electrons. The van der Waals surface area contributed by atoms with Gasteiger partial charge in [0.2, 0.25) is 0 Å². The number of hydrogen-bond donors (Lipinski definition) is 2. The van der Waals surface area contributed by atoms with Gasteiger partial charge in [0.25, 0.3) is 5.91 Å². The molecule has 1 aliphatic heterocycles. The van der Waals surface area contributed by atoms with Gasteiger partial charge in [0.15, 0.2) is 0 Å². The fourth-order valence-corrected chi connectivity index (χ4v) is 6.13. The van der Waals surface area contributed by atoms with Crippen molar-refractivity contribution in [1.29, 1.82) is 0 Å². The number of rotatable bonds is 9. The summed E-state index contributed by atoms with van der Waals surface area (Å²) in [6.07, 6.45) is 5.65. The number of piperidine rings is 1. The Hall–Kier alpha value is -3.18. The first-order valence-electron chi connectivity index (χ1n) is 14.5. The summed E-state index contributed by atoms with van der Waals surface area (Å²) < 4.78 is 46.6. The lowest BCUT2D eigenvalue weighted by molar-refractivity contribution is -0.141. The molecule has 41 heavy (non-hydrogen) atoms. The van der Waals surface area contributed by atoms with E-state index < -0.39 is 17.8 Å². The molecule has 1 saturated heterocycles. The number of methoxy groups -OCH3 is 1. The molecule has 3 aromatic rings. The zero-order valence-corrected chi connectivity index (χ0v) is 23.7. The smallest absolute Gasteiger partial charge is 0.433 e. The maximum atomic E-state index is 13.1. The van der Waals surface area contributed by atoms with Crippen molar-refractivity contribution in [3.05, 3.63) is 47.9 Å². The number of fused-ring (bicyclic) bond motifs is 1. The molecule has 11 heteroatoms. The van der Waals surface area contributed by atoms with Crippen molar-refractivity contribution >= 4 is 22.5 Å². The van der Waals surface area contributed by atoms with Crippen LogP contribution < -0.4 is 15.4 Å². The molecule has 1 amide bonds. The maximum absolute atomic E-state index is 13.1. The van der Waals surface area contributed by atoms with Crippen LogP contribution in [0.15, 0.2) is 36.5 Å². The summed E-state index contributed by atoms with van der Waals surface area (Å²) in [7, 11) is 3.72. The highest BCUT2D eigenvalue weighted by molar-refractivity contribution is 6.05. The minimum absolute atomic E-state index is 0.303. The van der Waals surface area contributed by atoms with Crippen molar-refractivity contribution in [2.75, 3.05) is 45.7 Å². The summed E-state index contributed by atoms with van der Waals surface area (Å²) in [6, 6.07) is 7.03. The number of alkyl halides is 3. The molecule has 1 aliphatic carbocycles. The number of anilines is 1. The Morgan fingerprint density at radius 1 is 1.12 bits per heavy atom. The topological polar surface area (TPSA) is 84.3 Å². The van der Waals surface area contributed by atoms with E-state index in [1.165, 1.54) is 39.0 Å². The zero-order valence-electron chi connectivity index (χ0n) is 23.7. The van der Waals surface area contributed by atoms with Gasteiger partial charge in [-0.25, -0.2) is 4.98 Å². The van der Waals surface area contributed by atoms with E-state index >= 15 is 0 Å². The van der Waals surface area contributed by atoms with Crippen molar-refractivity contribution in [1.82, 2.24) is 25.0 Å². The highest BCUT2D eigenvalue weighted by Gasteiger charge is 2.33. The fourth-order valence-electron chi connectivity index (χ4n) is 6.13. The third-order valence-electron chi connectivity index (χ3n) is 8.50. The van der Waals surface area contributed by atoms with Gasteiger partial charge in [0.1, 0.15) is 17.1 Å². The summed E-state index contributed by atoms with van der Waals surface area (Å²) >= 11 is 0. The van der Waals surface area contributed by atoms with Crippen LogP contribution in [0.2, 0.25) is 0 Å². The maximum Gasteiger partial charge on any atom is 0.433 e. The van der Waals surface area contributed by atoms with Gasteiger partial charge in [-0.2, -0.15) is 18.3 Å². The highest BCUT2D eigenvalue weighted by atomic mass is 19.4. The van der Waals surface area contributed by atoms with Gasteiger partial charge in [-0.3, -0.25) is 9.48 Å². The van der Waals surface area contributed by atoms with Crippen molar-refractivity contribution in [3.63, 3.8) is 0 Å². The third-order valence-corrected chi connectivity index (χ3v) is 8.50. The van der Waals surface area contributed by atoms with Gasteiger partial charge < -0.3 is 20.3 Å². The number of aromatic nitrogens is 3. The molecule has 3 heterocycles. The van der Waals surface area contributed by atoms with Gasteiger partial charge in [-0.15, -0.1) is 0 Å². The molecule has 0 unspecified atom stereocenters. The molecule has 0 atom stereocenters. The van der Waals surface area contributed by atoms with Crippen LogP contribution in [-0.2, 0) is 6.18 Å². The molecule has 1 aromatic carbocycles. The van der Waals surface area contributed by atoms with Crippen LogP contribution >= 0.6 is 0 Å². The summed E-state index contributed by atoms with van der Waals surface area (Å²) in [4.78, 5) is 18.7. The normalized spacial score (nSPS) is 20.4. The van der Waals surface area contributed by atoms with Gasteiger partial charge in [0, 0.05) is 24.2 Å². The number of amides is 1. The van der Waals surface area contributed by atoms with Crippen LogP contribution in [0.25, 0.3) is 10.9 Å². The van der Waals surface area contributed by atoms with E-state index in [1.54, 1.807) is 12.1 Å². The number of carbonyl (C=O) groups is 1. The number of halogens is 3. The van der Waals surface area contributed by atoms with E-state index in [-0.39, 0.29) is 5.69 Å². The van der Waals surface area contributed by atoms with Crippen LogP contribution in [0.4, 0.5) is 18.9 Å². The van der Waals surface area contributed by atoms with Crippen LogP contribution in [0.3, 0.4) is 0 Å². The Morgan fingerprint density at radius 2 is 1.88 bits per heavy atom. The lowest BCUT2D eigenvalue weighted by Crippen LogP contribution is -2.33. The van der Waals surface area contributed by atoms with Crippen molar-refractivity contribution in [2.45, 2.75) is 57.2 Å². The van der Waals surface area contributed by atoms with Crippen LogP contribution in [-0.4, -0.2) is 65.9 Å². The average Bonchev–Trinajstić information content (AvgIpc) is 3.39. The number of nitrogens with zero attached hydrogens (tertiary/aromatic N) is 4. The molecule has 5 rings (SSSR count). The van der Waals surface area contributed by atoms with Crippen LogP contribution in [0.1, 0.15) is 67.2 Å². The van der Waals surface area contributed by atoms with E-state index in [1.807, 2.05) is 10.9 Å². The molecule has 2 aromatic heterocycles. The van der Waals surface area contributed by atoms with Gasteiger partial charge >= 0.3 is 6.18 Å². The quantitative estimate of drug-likeness (QED) is 0.339. The van der Waals surface area contributed by atoms with E-state index in [0.29, 0.717) is 23.4 Å². The Bertz CT molecular complexity index is 1330. The molecule has 1 saturated carbocycles. The highest BCUT2D eigenvalue weighted by Crippen LogP contribution is 2.35. The molecule has 2 aliphatic rings. The molecule has 8 nitrogen and oxygen atoms in total. The number of benzene rings is 1. The van der Waals surface area contributed by atoms with E-state index in [2.05, 4.69) is 27.6 Å². The predicted molar refractivity (Wildman–Crippen MR) is 152 cm³/mol. The lowest BCUT2D eigenvalue weighted by Gasteiger charge is -2.32. The molecular formula is C30H39F3N6O2.